The van der Waals surface area contributed by atoms with E-state index in [1.165, 1.54) is 0 Å². The van der Waals surface area contributed by atoms with E-state index in [2.05, 4.69) is 10.6 Å². The van der Waals surface area contributed by atoms with Crippen LogP contribution >= 0.6 is 0 Å². The van der Waals surface area contributed by atoms with Gasteiger partial charge in [0, 0.05) is 17.2 Å². The molecule has 33 heavy (non-hydrogen) atoms. The minimum absolute atomic E-state index is 0.191. The zero-order valence-electron chi connectivity index (χ0n) is 21.6. The van der Waals surface area contributed by atoms with E-state index in [4.69, 9.17) is 18.8 Å². The lowest BCUT2D eigenvalue weighted by molar-refractivity contribution is -0.118. The second-order valence-electron chi connectivity index (χ2n) is 10.9. The molecule has 0 radical (unpaired) electrons. The molecule has 9 heteroatoms. The van der Waals surface area contributed by atoms with Crippen LogP contribution in [0.4, 0.5) is 10.5 Å². The normalized spacial score (nSPS) is 18.1. The second kappa shape index (κ2) is 9.93. The summed E-state index contributed by atoms with van der Waals surface area (Å²) in [6.45, 7) is 17.2. The third kappa shape index (κ3) is 7.11. The average Bonchev–Trinajstić information content (AvgIpc) is 2.86. The maximum Gasteiger partial charge on any atom is 0.498 e. The minimum Gasteiger partial charge on any atom is -0.497 e. The Morgan fingerprint density at radius 3 is 2.15 bits per heavy atom. The molecule has 1 aliphatic heterocycles. The molecule has 1 aromatic rings. The number of nitrogens with one attached hydrogen (secondary N) is 2. The molecule has 0 aliphatic carbocycles. The summed E-state index contributed by atoms with van der Waals surface area (Å²) in [6.07, 6.45) is -0.161. The van der Waals surface area contributed by atoms with E-state index in [0.717, 1.165) is 5.46 Å². The monoisotopic (exact) mass is 462 g/mol. The number of ether oxygens (including phenoxy) is 2. The van der Waals surface area contributed by atoms with Crippen molar-refractivity contribution in [2.24, 2.45) is 5.92 Å². The summed E-state index contributed by atoms with van der Waals surface area (Å²) >= 11 is 0. The summed E-state index contributed by atoms with van der Waals surface area (Å²) in [4.78, 5) is 25.2. The lowest BCUT2D eigenvalue weighted by Gasteiger charge is -2.32. The first-order valence-electron chi connectivity index (χ1n) is 11.4. The lowest BCUT2D eigenvalue weighted by Crippen LogP contribution is -2.46. The molecule has 2 rings (SSSR count). The molecule has 2 amide bonds. The van der Waals surface area contributed by atoms with E-state index >= 15 is 0 Å². The first-order valence-corrected chi connectivity index (χ1v) is 11.4. The van der Waals surface area contributed by atoms with Crippen LogP contribution < -0.4 is 20.8 Å². The van der Waals surface area contributed by atoms with Gasteiger partial charge in [-0.2, -0.15) is 0 Å². The molecular weight excluding hydrogens is 423 g/mol. The van der Waals surface area contributed by atoms with Crippen molar-refractivity contribution in [2.45, 2.75) is 91.6 Å². The minimum atomic E-state index is -0.742. The van der Waals surface area contributed by atoms with Gasteiger partial charge in [0.2, 0.25) is 5.91 Å². The van der Waals surface area contributed by atoms with Crippen LogP contribution in [-0.2, 0) is 18.8 Å². The van der Waals surface area contributed by atoms with Gasteiger partial charge in [-0.15, -0.1) is 0 Å². The molecule has 0 bridgehead atoms. The first kappa shape index (κ1) is 27.0. The molecule has 1 atom stereocenters. The SMILES string of the molecule is COc1cc(NC(=O)[C@@H](CC(C)C)NC(=O)OC(C)(C)C)ccc1B1OC(C)(C)C(C)(C)O1. The van der Waals surface area contributed by atoms with Crippen molar-refractivity contribution < 1.29 is 28.4 Å². The molecule has 1 aromatic carbocycles. The van der Waals surface area contributed by atoms with Gasteiger partial charge >= 0.3 is 13.2 Å². The molecule has 1 heterocycles. The molecule has 184 valence electrons. The van der Waals surface area contributed by atoms with Crippen molar-refractivity contribution in [3.8, 4) is 5.75 Å². The van der Waals surface area contributed by atoms with Gasteiger partial charge in [0.1, 0.15) is 17.4 Å². The maximum atomic E-state index is 13.0. The number of rotatable bonds is 7. The number of carbonyl (C=O) groups is 2. The number of hydrogen-bond acceptors (Lipinski definition) is 6. The molecule has 1 fully saturated rings. The molecule has 1 aliphatic rings. The number of anilines is 1. The highest BCUT2D eigenvalue weighted by molar-refractivity contribution is 6.63. The molecule has 0 aromatic heterocycles. The molecule has 2 N–H and O–H groups in total. The smallest absolute Gasteiger partial charge is 0.497 e. The van der Waals surface area contributed by atoms with Crippen molar-refractivity contribution >= 4 is 30.3 Å². The topological polar surface area (TPSA) is 95.1 Å². The van der Waals surface area contributed by atoms with Gasteiger partial charge in [0.15, 0.2) is 0 Å². The summed E-state index contributed by atoms with van der Waals surface area (Å²) in [5.41, 5.74) is -0.337. The number of alkyl carbamates (subject to hydrolysis) is 1. The Kier molecular flexibility index (Phi) is 8.12. The number of amides is 2. The van der Waals surface area contributed by atoms with Crippen LogP contribution in [0.5, 0.6) is 5.75 Å². The molecule has 8 nitrogen and oxygen atoms in total. The van der Waals surface area contributed by atoms with Crippen LogP contribution in [0.3, 0.4) is 0 Å². The quantitative estimate of drug-likeness (QED) is 0.598. The highest BCUT2D eigenvalue weighted by Crippen LogP contribution is 2.37. The van der Waals surface area contributed by atoms with Crippen molar-refractivity contribution in [2.75, 3.05) is 12.4 Å². The van der Waals surface area contributed by atoms with E-state index in [0.29, 0.717) is 17.9 Å². The van der Waals surface area contributed by atoms with Gasteiger partial charge < -0.3 is 29.4 Å². The van der Waals surface area contributed by atoms with Crippen molar-refractivity contribution in [1.82, 2.24) is 5.32 Å². The Morgan fingerprint density at radius 2 is 1.67 bits per heavy atom. The fourth-order valence-electron chi connectivity index (χ4n) is 3.34. The van der Waals surface area contributed by atoms with E-state index in [-0.39, 0.29) is 11.8 Å². The predicted octanol–water partition coefficient (Wildman–Crippen LogP) is 3.87. The van der Waals surface area contributed by atoms with Crippen LogP contribution in [-0.4, -0.2) is 49.1 Å². The fraction of sp³-hybridized carbons (Fsp3) is 0.667. The predicted molar refractivity (Wildman–Crippen MR) is 130 cm³/mol. The maximum absolute atomic E-state index is 13.0. The number of benzene rings is 1. The number of hydrogen-bond donors (Lipinski definition) is 2. The molecule has 0 spiro atoms. The fourth-order valence-corrected chi connectivity index (χ4v) is 3.34. The lowest BCUT2D eigenvalue weighted by atomic mass is 9.78. The highest BCUT2D eigenvalue weighted by atomic mass is 16.7. The van der Waals surface area contributed by atoms with Gasteiger partial charge in [-0.3, -0.25) is 4.79 Å². The summed E-state index contributed by atoms with van der Waals surface area (Å²) < 4.78 is 23.1. The van der Waals surface area contributed by atoms with Crippen LogP contribution in [0.1, 0.15) is 68.7 Å². The van der Waals surface area contributed by atoms with Gasteiger partial charge in [-0.05, 0) is 66.9 Å². The van der Waals surface area contributed by atoms with Crippen molar-refractivity contribution in [3.05, 3.63) is 18.2 Å². The summed E-state index contributed by atoms with van der Waals surface area (Å²) in [6, 6.07) is 4.56. The zero-order valence-corrected chi connectivity index (χ0v) is 21.6. The third-order valence-corrected chi connectivity index (χ3v) is 5.72. The Balaban J connectivity index is 2.17. The van der Waals surface area contributed by atoms with Crippen molar-refractivity contribution in [1.29, 1.82) is 0 Å². The zero-order chi connectivity index (χ0) is 25.2. The number of carbonyl (C=O) groups excluding carboxylic acids is 2. The van der Waals surface area contributed by atoms with Gasteiger partial charge in [-0.25, -0.2) is 4.79 Å². The molecule has 0 saturated carbocycles. The van der Waals surface area contributed by atoms with E-state index in [1.807, 2.05) is 47.6 Å². The summed E-state index contributed by atoms with van der Waals surface area (Å²) in [7, 11) is 0.971. The van der Waals surface area contributed by atoms with E-state index < -0.39 is 36.1 Å². The van der Waals surface area contributed by atoms with Gasteiger partial charge in [0.25, 0.3) is 0 Å². The van der Waals surface area contributed by atoms with Crippen molar-refractivity contribution in [3.63, 3.8) is 0 Å². The average molecular weight is 462 g/mol. The third-order valence-electron chi connectivity index (χ3n) is 5.72. The van der Waals surface area contributed by atoms with E-state index in [9.17, 15) is 9.59 Å². The Bertz CT molecular complexity index is 847. The Hall–Kier alpha value is -2.26. The Labute approximate surface area is 198 Å². The van der Waals surface area contributed by atoms with Crippen LogP contribution in [0.2, 0.25) is 0 Å². The van der Waals surface area contributed by atoms with Crippen LogP contribution in [0.25, 0.3) is 0 Å². The summed E-state index contributed by atoms with van der Waals surface area (Å²) in [5, 5.41) is 5.55. The number of methoxy groups -OCH3 is 1. The molecular formula is C24H39BN2O6. The first-order chi connectivity index (χ1) is 15.0. The second-order valence-corrected chi connectivity index (χ2v) is 10.9. The van der Waals surface area contributed by atoms with Crippen LogP contribution in [0.15, 0.2) is 18.2 Å². The Morgan fingerprint density at radius 1 is 1.09 bits per heavy atom. The van der Waals surface area contributed by atoms with Gasteiger partial charge in [-0.1, -0.05) is 19.9 Å². The summed E-state index contributed by atoms with van der Waals surface area (Å²) in [5.74, 6) is 0.391. The standard InChI is InChI=1S/C24H39BN2O6/c1-15(2)13-18(27-21(29)31-22(3,4)5)20(28)26-16-11-12-17(19(14-16)30-10)25-32-23(6,7)24(8,9)33-25/h11-12,14-15,18H,13H2,1-10H3,(H,26,28)(H,27,29)/t18-/m1/s1. The molecule has 0 unspecified atom stereocenters. The van der Waals surface area contributed by atoms with E-state index in [1.54, 1.807) is 40.0 Å². The van der Waals surface area contributed by atoms with Crippen LogP contribution in [0, 0.1) is 5.92 Å². The molecule has 1 saturated heterocycles. The largest absolute Gasteiger partial charge is 0.498 e. The van der Waals surface area contributed by atoms with Gasteiger partial charge in [0.05, 0.1) is 18.3 Å². The highest BCUT2D eigenvalue weighted by Gasteiger charge is 2.52.